The monoisotopic (exact) mass is 509 g/mol. The van der Waals surface area contributed by atoms with Crippen molar-refractivity contribution in [2.24, 2.45) is 0 Å². The molecule has 9 heteroatoms. The molecule has 0 aliphatic carbocycles. The molecule has 1 heterocycles. The summed E-state index contributed by atoms with van der Waals surface area (Å²) in [5.41, 5.74) is 2.80. The third-order valence-corrected chi connectivity index (χ3v) is 6.93. The molecule has 3 rings (SSSR count). The lowest BCUT2D eigenvalue weighted by atomic mass is 10.2. The van der Waals surface area contributed by atoms with Gasteiger partial charge in [-0.25, -0.2) is 0 Å². The van der Waals surface area contributed by atoms with Gasteiger partial charge in [0, 0.05) is 24.0 Å². The molecule has 2 amide bonds. The van der Waals surface area contributed by atoms with Gasteiger partial charge in [-0.2, -0.15) is 0 Å². The molecular weight excluding hydrogens is 478 g/mol. The summed E-state index contributed by atoms with van der Waals surface area (Å²) >= 11 is 2.83. The number of anilines is 2. The third-order valence-electron chi connectivity index (χ3n) is 5.05. The van der Waals surface area contributed by atoms with E-state index in [2.05, 4.69) is 22.1 Å². The highest BCUT2D eigenvalue weighted by molar-refractivity contribution is 8.00. The molecule has 35 heavy (non-hydrogen) atoms. The van der Waals surface area contributed by atoms with E-state index in [1.165, 1.54) is 23.5 Å². The Kier molecular flexibility index (Phi) is 9.98. The molecule has 0 atom stereocenters. The van der Waals surface area contributed by atoms with E-state index in [0.717, 1.165) is 22.8 Å². The quantitative estimate of drug-likeness (QED) is 0.268. The fourth-order valence-electron chi connectivity index (χ4n) is 3.43. The van der Waals surface area contributed by atoms with Crippen LogP contribution in [0.2, 0.25) is 0 Å². The number of aryl methyl sites for hydroxylation is 1. The Hall–Kier alpha value is -3.04. The van der Waals surface area contributed by atoms with Crippen LogP contribution in [0, 0.1) is 6.92 Å². The molecule has 1 aromatic heterocycles. The van der Waals surface area contributed by atoms with Gasteiger partial charge in [-0.05, 0) is 45.0 Å². The van der Waals surface area contributed by atoms with Gasteiger partial charge in [0.2, 0.25) is 11.8 Å². The zero-order chi connectivity index (χ0) is 25.2. The van der Waals surface area contributed by atoms with Crippen molar-refractivity contribution in [2.75, 3.05) is 21.7 Å². The number of nitrogens with zero attached hydrogens (tertiary/aromatic N) is 4. The summed E-state index contributed by atoms with van der Waals surface area (Å²) in [6, 6.07) is 17.4. The largest absolute Gasteiger partial charge is 0.325 e. The molecule has 3 aromatic rings. The van der Waals surface area contributed by atoms with Crippen molar-refractivity contribution in [1.29, 1.82) is 0 Å². The zero-order valence-corrected chi connectivity index (χ0v) is 21.9. The number of para-hydroxylation sites is 1. The van der Waals surface area contributed by atoms with Gasteiger partial charge in [-0.1, -0.05) is 53.7 Å². The maximum atomic E-state index is 12.9. The van der Waals surface area contributed by atoms with Gasteiger partial charge in [0.25, 0.3) is 0 Å². The number of amides is 2. The van der Waals surface area contributed by atoms with Crippen molar-refractivity contribution in [3.05, 3.63) is 78.6 Å². The normalized spacial score (nSPS) is 10.9. The first-order chi connectivity index (χ1) is 16.9. The Bertz CT molecular complexity index is 1130. The van der Waals surface area contributed by atoms with E-state index in [0.29, 0.717) is 23.2 Å². The summed E-state index contributed by atoms with van der Waals surface area (Å²) < 4.78 is 1.94. The summed E-state index contributed by atoms with van der Waals surface area (Å²) in [5.74, 6) is 1.77. The van der Waals surface area contributed by atoms with E-state index in [1.807, 2.05) is 84.8 Å². The Labute approximate surface area is 215 Å². The summed E-state index contributed by atoms with van der Waals surface area (Å²) in [6.07, 6.45) is 1.77. The number of rotatable bonds is 12. The molecule has 7 nitrogen and oxygen atoms in total. The van der Waals surface area contributed by atoms with Crippen molar-refractivity contribution in [3.8, 4) is 0 Å². The highest BCUT2D eigenvalue weighted by atomic mass is 32.2. The molecule has 0 aliphatic rings. The maximum absolute atomic E-state index is 12.9. The first-order valence-corrected chi connectivity index (χ1v) is 13.5. The Balaban J connectivity index is 1.56. The number of aromatic nitrogens is 3. The van der Waals surface area contributed by atoms with Crippen LogP contribution in [0.5, 0.6) is 0 Å². The summed E-state index contributed by atoms with van der Waals surface area (Å²) in [7, 11) is 0. The number of carbonyl (C=O) groups excluding carboxylic acids is 2. The van der Waals surface area contributed by atoms with E-state index in [4.69, 9.17) is 0 Å². The number of benzene rings is 2. The van der Waals surface area contributed by atoms with Crippen molar-refractivity contribution >= 4 is 46.7 Å². The standard InChI is InChI=1S/C26H31N5O2S2/c1-5-15-30-23(16-34-18-25(33)31(19(2)3)22-9-7-6-8-10-22)28-29-26(30)35-17-24(32)27-21-13-11-20(4)12-14-21/h5-14,19H,1,15-18H2,2-4H3,(H,27,32). The van der Waals surface area contributed by atoms with E-state index in [9.17, 15) is 9.59 Å². The second-order valence-electron chi connectivity index (χ2n) is 8.19. The van der Waals surface area contributed by atoms with Gasteiger partial charge < -0.3 is 14.8 Å². The second kappa shape index (κ2) is 13.2. The molecule has 1 N–H and O–H groups in total. The molecule has 0 bridgehead atoms. The number of carbonyl (C=O) groups is 2. The van der Waals surface area contributed by atoms with E-state index in [-0.39, 0.29) is 23.6 Å². The fourth-order valence-corrected chi connectivity index (χ4v) is 5.01. The van der Waals surface area contributed by atoms with Crippen molar-refractivity contribution < 1.29 is 9.59 Å². The number of hydrogen-bond donors (Lipinski definition) is 1. The predicted molar refractivity (Wildman–Crippen MR) is 146 cm³/mol. The minimum absolute atomic E-state index is 0.0494. The summed E-state index contributed by atoms with van der Waals surface area (Å²) in [5, 5.41) is 12.1. The molecule has 2 aromatic carbocycles. The molecule has 0 unspecified atom stereocenters. The molecular formula is C26H31N5O2S2. The molecule has 0 saturated carbocycles. The number of thioether (sulfide) groups is 2. The van der Waals surface area contributed by atoms with Crippen LogP contribution in [0.4, 0.5) is 11.4 Å². The minimum Gasteiger partial charge on any atom is -0.325 e. The predicted octanol–water partition coefficient (Wildman–Crippen LogP) is 5.18. The fraction of sp³-hybridized carbons (Fsp3) is 0.308. The van der Waals surface area contributed by atoms with Crippen LogP contribution >= 0.6 is 23.5 Å². The zero-order valence-electron chi connectivity index (χ0n) is 20.3. The van der Waals surface area contributed by atoms with E-state index in [1.54, 1.807) is 6.08 Å². The maximum Gasteiger partial charge on any atom is 0.237 e. The van der Waals surface area contributed by atoms with Crippen LogP contribution < -0.4 is 10.2 Å². The SMILES string of the molecule is C=CCn1c(CSCC(=O)N(c2ccccc2)C(C)C)nnc1SCC(=O)Nc1ccc(C)cc1. The van der Waals surface area contributed by atoms with Gasteiger partial charge in [0.05, 0.1) is 17.3 Å². The smallest absolute Gasteiger partial charge is 0.237 e. The topological polar surface area (TPSA) is 80.1 Å². The Morgan fingerprint density at radius 1 is 1.09 bits per heavy atom. The number of hydrogen-bond acceptors (Lipinski definition) is 6. The second-order valence-corrected chi connectivity index (χ2v) is 10.1. The number of nitrogens with one attached hydrogen (secondary N) is 1. The molecule has 0 spiro atoms. The summed E-state index contributed by atoms with van der Waals surface area (Å²) in [4.78, 5) is 27.1. The lowest BCUT2D eigenvalue weighted by molar-refractivity contribution is -0.116. The van der Waals surface area contributed by atoms with Gasteiger partial charge in [-0.15, -0.1) is 28.5 Å². The van der Waals surface area contributed by atoms with Crippen molar-refractivity contribution in [1.82, 2.24) is 14.8 Å². The highest BCUT2D eigenvalue weighted by Crippen LogP contribution is 2.22. The first-order valence-electron chi connectivity index (χ1n) is 11.4. The lowest BCUT2D eigenvalue weighted by Gasteiger charge is -2.26. The Morgan fingerprint density at radius 2 is 1.80 bits per heavy atom. The summed E-state index contributed by atoms with van der Waals surface area (Å²) in [6.45, 7) is 10.4. The molecule has 184 valence electrons. The van der Waals surface area contributed by atoms with Crippen LogP contribution in [0.1, 0.15) is 25.2 Å². The molecule has 0 aliphatic heterocycles. The van der Waals surface area contributed by atoms with Crippen LogP contribution in [0.3, 0.4) is 0 Å². The minimum atomic E-state index is -0.108. The van der Waals surface area contributed by atoms with Gasteiger partial charge >= 0.3 is 0 Å². The van der Waals surface area contributed by atoms with E-state index >= 15 is 0 Å². The van der Waals surface area contributed by atoms with Gasteiger partial charge in [-0.3, -0.25) is 9.59 Å². The third kappa shape index (κ3) is 7.73. The van der Waals surface area contributed by atoms with E-state index < -0.39 is 0 Å². The highest BCUT2D eigenvalue weighted by Gasteiger charge is 2.20. The van der Waals surface area contributed by atoms with Gasteiger partial charge in [0.15, 0.2) is 5.16 Å². The van der Waals surface area contributed by atoms with Crippen LogP contribution in [0.15, 0.2) is 72.4 Å². The van der Waals surface area contributed by atoms with Crippen LogP contribution in [-0.2, 0) is 21.9 Å². The van der Waals surface area contributed by atoms with Crippen molar-refractivity contribution in [2.45, 2.75) is 44.3 Å². The van der Waals surface area contributed by atoms with Crippen LogP contribution in [0.25, 0.3) is 0 Å². The average Bonchev–Trinajstić information content (AvgIpc) is 3.21. The number of allylic oxidation sites excluding steroid dienone is 1. The molecule has 0 radical (unpaired) electrons. The molecule has 0 saturated heterocycles. The molecule has 0 fully saturated rings. The first kappa shape index (κ1) is 26.6. The lowest BCUT2D eigenvalue weighted by Crippen LogP contribution is -2.38. The van der Waals surface area contributed by atoms with Crippen LogP contribution in [-0.4, -0.2) is 44.1 Å². The van der Waals surface area contributed by atoms with Gasteiger partial charge in [0.1, 0.15) is 5.82 Å². The Morgan fingerprint density at radius 3 is 2.46 bits per heavy atom. The van der Waals surface area contributed by atoms with Crippen molar-refractivity contribution in [3.63, 3.8) is 0 Å². The average molecular weight is 510 g/mol.